The summed E-state index contributed by atoms with van der Waals surface area (Å²) in [6.45, 7) is 5.53. The number of hydrogen-bond donors (Lipinski definition) is 1. The summed E-state index contributed by atoms with van der Waals surface area (Å²) in [4.78, 5) is 4.14. The molecule has 18 heavy (non-hydrogen) atoms. The molecule has 0 fully saturated rings. The van der Waals surface area contributed by atoms with Gasteiger partial charge in [0.05, 0.1) is 23.7 Å². The lowest BCUT2D eigenvalue weighted by Gasteiger charge is -2.07. The Hall–Kier alpha value is -1.88. The fraction of sp³-hybridized carbons (Fsp3) is 0.385. The van der Waals surface area contributed by atoms with Crippen LogP contribution < -0.4 is 4.74 Å². The van der Waals surface area contributed by atoms with Crippen LogP contribution in [-0.4, -0.2) is 19.9 Å². The largest absolute Gasteiger partial charge is 0.452 e. The van der Waals surface area contributed by atoms with Gasteiger partial charge in [0.2, 0.25) is 0 Å². The maximum atomic E-state index is 9.38. The number of aryl methyl sites for hydroxylation is 2. The predicted octanol–water partition coefficient (Wildman–Crippen LogP) is 2.28. The van der Waals surface area contributed by atoms with Gasteiger partial charge in [-0.3, -0.25) is 9.67 Å². The van der Waals surface area contributed by atoms with Gasteiger partial charge in [-0.1, -0.05) is 0 Å². The molecular formula is C13H17N3O2. The smallest absolute Gasteiger partial charge is 0.171 e. The van der Waals surface area contributed by atoms with Crippen molar-refractivity contribution in [3.05, 3.63) is 35.4 Å². The second-order valence-electron chi connectivity index (χ2n) is 4.32. The molecule has 0 amide bonds. The van der Waals surface area contributed by atoms with E-state index in [9.17, 15) is 5.11 Å². The number of ether oxygens (including phenoxy) is 1. The molecule has 2 aromatic rings. The molecule has 0 aliphatic carbocycles. The van der Waals surface area contributed by atoms with Crippen LogP contribution in [0.3, 0.4) is 0 Å². The molecule has 2 aromatic heterocycles. The quantitative estimate of drug-likeness (QED) is 0.904. The zero-order valence-electron chi connectivity index (χ0n) is 11.0. The molecule has 0 aromatic carbocycles. The third-order valence-corrected chi connectivity index (χ3v) is 2.85. The minimum absolute atomic E-state index is 0.569. The lowest BCUT2D eigenvalue weighted by molar-refractivity contribution is 0.194. The first kappa shape index (κ1) is 12.6. The second kappa shape index (κ2) is 4.78. The molecule has 0 saturated carbocycles. The Kier molecular flexibility index (Phi) is 3.34. The van der Waals surface area contributed by atoms with E-state index in [-0.39, 0.29) is 0 Å². The number of pyridine rings is 1. The second-order valence-corrected chi connectivity index (χ2v) is 4.32. The third kappa shape index (κ3) is 2.36. The molecule has 0 unspecified atom stereocenters. The molecule has 0 bridgehead atoms. The van der Waals surface area contributed by atoms with E-state index in [0.29, 0.717) is 11.4 Å². The Morgan fingerprint density at radius 3 is 2.50 bits per heavy atom. The lowest BCUT2D eigenvalue weighted by Crippen LogP contribution is -1.96. The highest BCUT2D eigenvalue weighted by atomic mass is 16.5. The predicted molar refractivity (Wildman–Crippen MR) is 67.6 cm³/mol. The molecule has 0 radical (unpaired) electrons. The highest BCUT2D eigenvalue weighted by Gasteiger charge is 2.12. The summed E-state index contributed by atoms with van der Waals surface area (Å²) in [5, 5.41) is 13.7. The van der Waals surface area contributed by atoms with Crippen molar-refractivity contribution in [2.75, 3.05) is 0 Å². The molecule has 0 saturated heterocycles. The van der Waals surface area contributed by atoms with E-state index in [4.69, 9.17) is 4.74 Å². The summed E-state index contributed by atoms with van der Waals surface area (Å²) < 4.78 is 7.55. The van der Waals surface area contributed by atoms with Gasteiger partial charge >= 0.3 is 0 Å². The molecule has 5 heteroatoms. The van der Waals surface area contributed by atoms with Gasteiger partial charge in [0, 0.05) is 7.05 Å². The van der Waals surface area contributed by atoms with Crippen molar-refractivity contribution < 1.29 is 9.84 Å². The number of rotatable bonds is 3. The van der Waals surface area contributed by atoms with Gasteiger partial charge in [-0.05, 0) is 32.9 Å². The zero-order valence-corrected chi connectivity index (χ0v) is 11.0. The van der Waals surface area contributed by atoms with Crippen molar-refractivity contribution in [2.45, 2.75) is 26.9 Å². The van der Waals surface area contributed by atoms with Crippen LogP contribution in [0.15, 0.2) is 18.3 Å². The van der Waals surface area contributed by atoms with Gasteiger partial charge in [0.1, 0.15) is 11.4 Å². The molecule has 1 N–H and O–H groups in total. The van der Waals surface area contributed by atoms with Crippen LogP contribution in [-0.2, 0) is 7.05 Å². The van der Waals surface area contributed by atoms with Crippen LogP contribution in [0, 0.1) is 13.8 Å². The summed E-state index contributed by atoms with van der Waals surface area (Å²) in [6, 6.07) is 3.54. The number of aromatic nitrogens is 3. The molecule has 2 rings (SSSR count). The van der Waals surface area contributed by atoms with Crippen molar-refractivity contribution in [3.8, 4) is 11.5 Å². The molecule has 96 valence electrons. The summed E-state index contributed by atoms with van der Waals surface area (Å²) >= 11 is 0. The molecular weight excluding hydrogens is 230 g/mol. The minimum Gasteiger partial charge on any atom is -0.452 e. The first-order valence-corrected chi connectivity index (χ1v) is 5.81. The minimum atomic E-state index is -0.569. The van der Waals surface area contributed by atoms with Crippen LogP contribution in [0.2, 0.25) is 0 Å². The molecule has 0 spiro atoms. The van der Waals surface area contributed by atoms with Crippen LogP contribution in [0.4, 0.5) is 0 Å². The Balaban J connectivity index is 2.23. The highest BCUT2D eigenvalue weighted by molar-refractivity contribution is 5.36. The lowest BCUT2D eigenvalue weighted by atomic mass is 10.2. The van der Waals surface area contributed by atoms with Crippen LogP contribution >= 0.6 is 0 Å². The van der Waals surface area contributed by atoms with Gasteiger partial charge in [0.15, 0.2) is 5.75 Å². The Morgan fingerprint density at radius 1 is 1.33 bits per heavy atom. The van der Waals surface area contributed by atoms with Gasteiger partial charge < -0.3 is 9.84 Å². The Bertz CT molecular complexity index is 544. The number of aliphatic hydroxyl groups is 1. The molecule has 0 aliphatic rings. The fourth-order valence-electron chi connectivity index (χ4n) is 1.72. The van der Waals surface area contributed by atoms with E-state index in [0.717, 1.165) is 17.1 Å². The Morgan fingerprint density at radius 2 is 2.06 bits per heavy atom. The first-order chi connectivity index (χ1) is 8.49. The molecule has 5 nitrogen and oxygen atoms in total. The van der Waals surface area contributed by atoms with Gasteiger partial charge in [0.25, 0.3) is 0 Å². The zero-order chi connectivity index (χ0) is 13.3. The van der Waals surface area contributed by atoms with E-state index < -0.39 is 6.10 Å². The summed E-state index contributed by atoms with van der Waals surface area (Å²) in [5.74, 6) is 1.39. The number of hydrogen-bond acceptors (Lipinski definition) is 4. The fourth-order valence-corrected chi connectivity index (χ4v) is 1.72. The third-order valence-electron chi connectivity index (χ3n) is 2.85. The summed E-state index contributed by atoms with van der Waals surface area (Å²) in [7, 11) is 1.88. The van der Waals surface area contributed by atoms with Crippen molar-refractivity contribution in [2.24, 2.45) is 7.05 Å². The normalized spacial score (nSPS) is 12.5. The SMILES string of the molecule is Cc1nn(C)c(C)c1Oc1ccc([C@H](C)O)nc1. The van der Waals surface area contributed by atoms with Crippen LogP contribution in [0.5, 0.6) is 11.5 Å². The van der Waals surface area contributed by atoms with E-state index in [1.165, 1.54) is 0 Å². The van der Waals surface area contributed by atoms with Crippen molar-refractivity contribution in [1.29, 1.82) is 0 Å². The first-order valence-electron chi connectivity index (χ1n) is 5.81. The summed E-state index contributed by atoms with van der Waals surface area (Å²) in [5.41, 5.74) is 2.43. The van der Waals surface area contributed by atoms with Gasteiger partial charge in [-0.25, -0.2) is 0 Å². The molecule has 0 aliphatic heterocycles. The van der Waals surface area contributed by atoms with E-state index >= 15 is 0 Å². The molecule has 1 atom stereocenters. The number of nitrogens with zero attached hydrogens (tertiary/aromatic N) is 3. The average Bonchev–Trinajstić information content (AvgIpc) is 2.57. The summed E-state index contributed by atoms with van der Waals surface area (Å²) in [6.07, 6.45) is 1.04. The molecule has 2 heterocycles. The van der Waals surface area contributed by atoms with Crippen molar-refractivity contribution >= 4 is 0 Å². The highest BCUT2D eigenvalue weighted by Crippen LogP contribution is 2.27. The Labute approximate surface area is 106 Å². The maximum Gasteiger partial charge on any atom is 0.171 e. The van der Waals surface area contributed by atoms with Crippen LogP contribution in [0.25, 0.3) is 0 Å². The van der Waals surface area contributed by atoms with E-state index in [2.05, 4.69) is 10.1 Å². The van der Waals surface area contributed by atoms with Crippen molar-refractivity contribution in [3.63, 3.8) is 0 Å². The monoisotopic (exact) mass is 247 g/mol. The maximum absolute atomic E-state index is 9.38. The topological polar surface area (TPSA) is 60.2 Å². The van der Waals surface area contributed by atoms with Gasteiger partial charge in [-0.2, -0.15) is 5.10 Å². The van der Waals surface area contributed by atoms with E-state index in [1.54, 1.807) is 29.9 Å². The standard InChI is InChI=1S/C13H17N3O2/c1-8-13(9(2)16(4)15-8)18-11-5-6-12(10(3)17)14-7-11/h5-7,10,17H,1-4H3/t10-/m0/s1. The van der Waals surface area contributed by atoms with Gasteiger partial charge in [-0.15, -0.1) is 0 Å². The van der Waals surface area contributed by atoms with Crippen LogP contribution in [0.1, 0.15) is 30.1 Å². The van der Waals surface area contributed by atoms with Crippen molar-refractivity contribution in [1.82, 2.24) is 14.8 Å². The average molecular weight is 247 g/mol. The number of aliphatic hydroxyl groups excluding tert-OH is 1. The van der Waals surface area contributed by atoms with E-state index in [1.807, 2.05) is 20.9 Å².